The fourth-order valence-electron chi connectivity index (χ4n) is 3.85. The molecule has 0 spiro atoms. The molecule has 12 heteroatoms. The van der Waals surface area contributed by atoms with Gasteiger partial charge in [-0.3, -0.25) is 29.6 Å². The van der Waals surface area contributed by atoms with Gasteiger partial charge in [-0.2, -0.15) is 0 Å². The number of nitro benzene ring substituents is 2. The molecule has 2 heterocycles. The molecule has 1 aromatic heterocycles. The zero-order chi connectivity index (χ0) is 25.3. The Kier molecular flexibility index (Phi) is 6.38. The summed E-state index contributed by atoms with van der Waals surface area (Å²) in [6.45, 7) is 3.27. The number of carbonyl (C=O) groups excluding carboxylic acids is 1. The molecule has 35 heavy (non-hydrogen) atoms. The van der Waals surface area contributed by atoms with Crippen LogP contribution in [0.25, 0.3) is 6.08 Å². The van der Waals surface area contributed by atoms with E-state index in [1.165, 1.54) is 47.0 Å². The fourth-order valence-corrected chi connectivity index (χ4v) is 4.90. The van der Waals surface area contributed by atoms with Crippen LogP contribution in [0.5, 0.6) is 0 Å². The van der Waals surface area contributed by atoms with Crippen LogP contribution in [-0.2, 0) is 9.53 Å². The first-order valence-electron chi connectivity index (χ1n) is 10.4. The fraction of sp³-hybridized carbons (Fsp3) is 0.174. The van der Waals surface area contributed by atoms with Crippen LogP contribution in [0.1, 0.15) is 31.0 Å². The number of non-ortho nitro benzene ring substituents is 1. The molecule has 0 bridgehead atoms. The van der Waals surface area contributed by atoms with Crippen LogP contribution in [0.3, 0.4) is 0 Å². The maximum absolute atomic E-state index is 13.5. The van der Waals surface area contributed by atoms with E-state index in [1.807, 2.05) is 0 Å². The number of nitrogens with zero attached hydrogens (tertiary/aromatic N) is 4. The van der Waals surface area contributed by atoms with E-state index in [2.05, 4.69) is 4.99 Å². The zero-order valence-electron chi connectivity index (χ0n) is 18.5. The molecular formula is C23H18N4O7S. The smallest absolute Gasteiger partial charge is 0.338 e. The minimum Gasteiger partial charge on any atom is -0.463 e. The van der Waals surface area contributed by atoms with Gasteiger partial charge < -0.3 is 4.74 Å². The number of rotatable bonds is 6. The molecule has 3 aromatic rings. The maximum Gasteiger partial charge on any atom is 0.338 e. The molecule has 1 atom stereocenters. The second-order valence-corrected chi connectivity index (χ2v) is 8.48. The number of esters is 1. The van der Waals surface area contributed by atoms with E-state index in [0.717, 1.165) is 11.3 Å². The summed E-state index contributed by atoms with van der Waals surface area (Å²) in [6, 6.07) is 10.5. The van der Waals surface area contributed by atoms with Crippen LogP contribution in [0.2, 0.25) is 0 Å². The minimum atomic E-state index is -1.14. The van der Waals surface area contributed by atoms with Crippen LogP contribution in [-0.4, -0.2) is 27.0 Å². The van der Waals surface area contributed by atoms with Gasteiger partial charge >= 0.3 is 5.97 Å². The third-order valence-corrected chi connectivity index (χ3v) is 6.31. The summed E-state index contributed by atoms with van der Waals surface area (Å²) in [6.07, 6.45) is 1.48. The van der Waals surface area contributed by atoms with Crippen LogP contribution >= 0.6 is 11.3 Å². The van der Waals surface area contributed by atoms with E-state index in [4.69, 9.17) is 4.74 Å². The van der Waals surface area contributed by atoms with Crippen LogP contribution in [0, 0.1) is 20.2 Å². The molecule has 11 nitrogen and oxygen atoms in total. The second kappa shape index (κ2) is 9.43. The van der Waals surface area contributed by atoms with Crippen molar-refractivity contribution in [1.82, 2.24) is 4.57 Å². The van der Waals surface area contributed by atoms with Gasteiger partial charge in [0.25, 0.3) is 16.9 Å². The van der Waals surface area contributed by atoms with E-state index < -0.39 is 27.4 Å². The number of nitro groups is 2. The van der Waals surface area contributed by atoms with Gasteiger partial charge in [-0.15, -0.1) is 0 Å². The Bertz CT molecular complexity index is 1590. The average molecular weight is 494 g/mol. The molecule has 0 saturated carbocycles. The lowest BCUT2D eigenvalue weighted by Gasteiger charge is -2.24. The molecule has 4 rings (SSSR count). The lowest BCUT2D eigenvalue weighted by Crippen LogP contribution is -2.40. The van der Waals surface area contributed by atoms with Crippen molar-refractivity contribution < 1.29 is 19.4 Å². The summed E-state index contributed by atoms with van der Waals surface area (Å²) in [7, 11) is 0. The zero-order valence-corrected chi connectivity index (χ0v) is 19.4. The molecule has 0 fully saturated rings. The number of aromatic nitrogens is 1. The Balaban J connectivity index is 2.00. The standard InChI is InChI=1S/C23H18N4O7S/c1-3-34-22(29)19-13(2)24-23-25(20(19)16-9-4-5-10-17(16)27(32)33)21(28)18(35-23)12-14-7-6-8-15(11-14)26(30)31/h4-12,20H,3H2,1-2H3. The molecule has 0 saturated heterocycles. The summed E-state index contributed by atoms with van der Waals surface area (Å²) in [5.41, 5.74) is -0.0826. The van der Waals surface area contributed by atoms with Gasteiger partial charge in [0, 0.05) is 18.2 Å². The van der Waals surface area contributed by atoms with Gasteiger partial charge in [0.2, 0.25) is 0 Å². The predicted molar refractivity (Wildman–Crippen MR) is 127 cm³/mol. The van der Waals surface area contributed by atoms with Crippen molar-refractivity contribution in [3.8, 4) is 0 Å². The number of thiazole rings is 1. The van der Waals surface area contributed by atoms with Crippen LogP contribution in [0.15, 0.2) is 69.6 Å². The highest BCUT2D eigenvalue weighted by Crippen LogP contribution is 2.35. The van der Waals surface area contributed by atoms with Gasteiger partial charge in [0.15, 0.2) is 4.80 Å². The molecule has 0 aliphatic carbocycles. The van der Waals surface area contributed by atoms with E-state index in [9.17, 15) is 29.8 Å². The van der Waals surface area contributed by atoms with E-state index in [-0.39, 0.29) is 44.1 Å². The van der Waals surface area contributed by atoms with Crippen molar-refractivity contribution in [3.05, 3.63) is 111 Å². The summed E-state index contributed by atoms with van der Waals surface area (Å²) in [5, 5.41) is 22.9. The first-order valence-corrected chi connectivity index (χ1v) is 11.2. The SMILES string of the molecule is CCOC(=O)C1=C(C)N=c2sc(=Cc3cccc([N+](=O)[O-])c3)c(=O)n2C1c1ccccc1[N+](=O)[O-]. The summed E-state index contributed by atoms with van der Waals surface area (Å²) < 4.78 is 6.62. The third-order valence-electron chi connectivity index (χ3n) is 5.32. The molecule has 1 aliphatic rings. The molecular weight excluding hydrogens is 476 g/mol. The number of para-hydroxylation sites is 1. The summed E-state index contributed by atoms with van der Waals surface area (Å²) in [5.74, 6) is -0.732. The molecule has 178 valence electrons. The third kappa shape index (κ3) is 4.38. The van der Waals surface area contributed by atoms with Gasteiger partial charge in [-0.05, 0) is 31.6 Å². The van der Waals surface area contributed by atoms with Crippen molar-refractivity contribution >= 4 is 34.8 Å². The highest BCUT2D eigenvalue weighted by molar-refractivity contribution is 7.07. The predicted octanol–water partition coefficient (Wildman–Crippen LogP) is 2.61. The largest absolute Gasteiger partial charge is 0.463 e. The molecule has 1 unspecified atom stereocenters. The van der Waals surface area contributed by atoms with Gasteiger partial charge in [-0.25, -0.2) is 9.79 Å². The minimum absolute atomic E-state index is 0.0236. The summed E-state index contributed by atoms with van der Waals surface area (Å²) in [4.78, 5) is 52.9. The van der Waals surface area contributed by atoms with Crippen molar-refractivity contribution in [2.75, 3.05) is 6.61 Å². The molecule has 0 N–H and O–H groups in total. The lowest BCUT2D eigenvalue weighted by molar-refractivity contribution is -0.385. The lowest BCUT2D eigenvalue weighted by atomic mass is 9.94. The van der Waals surface area contributed by atoms with Gasteiger partial charge in [0.1, 0.15) is 6.04 Å². The Morgan fingerprint density at radius 2 is 1.91 bits per heavy atom. The highest BCUT2D eigenvalue weighted by atomic mass is 32.1. The number of carbonyl (C=O) groups is 1. The highest BCUT2D eigenvalue weighted by Gasteiger charge is 2.36. The molecule has 2 aromatic carbocycles. The van der Waals surface area contributed by atoms with E-state index in [0.29, 0.717) is 5.56 Å². The van der Waals surface area contributed by atoms with Gasteiger partial charge in [0.05, 0.1) is 37.8 Å². The van der Waals surface area contributed by atoms with E-state index in [1.54, 1.807) is 26.0 Å². The van der Waals surface area contributed by atoms with Crippen molar-refractivity contribution in [3.63, 3.8) is 0 Å². The normalized spacial score (nSPS) is 15.4. The van der Waals surface area contributed by atoms with Gasteiger partial charge in [-0.1, -0.05) is 35.6 Å². The topological polar surface area (TPSA) is 147 Å². The number of allylic oxidation sites excluding steroid dienone is 1. The van der Waals surface area contributed by atoms with Crippen molar-refractivity contribution in [2.45, 2.75) is 19.9 Å². The quantitative estimate of drug-likeness (QED) is 0.291. The summed E-state index contributed by atoms with van der Waals surface area (Å²) >= 11 is 1.02. The monoisotopic (exact) mass is 494 g/mol. The Morgan fingerprint density at radius 3 is 2.60 bits per heavy atom. The molecule has 0 radical (unpaired) electrons. The second-order valence-electron chi connectivity index (χ2n) is 7.47. The Labute approximate surface area is 201 Å². The molecule has 0 amide bonds. The van der Waals surface area contributed by atoms with Crippen LogP contribution < -0.4 is 14.9 Å². The first-order chi connectivity index (χ1) is 16.7. The number of fused-ring (bicyclic) bond motifs is 1. The van der Waals surface area contributed by atoms with E-state index >= 15 is 0 Å². The maximum atomic E-state index is 13.5. The van der Waals surface area contributed by atoms with Crippen molar-refractivity contribution in [2.24, 2.45) is 4.99 Å². The number of hydrogen-bond acceptors (Lipinski definition) is 9. The van der Waals surface area contributed by atoms with Crippen molar-refractivity contribution in [1.29, 1.82) is 0 Å². The number of benzene rings is 2. The molecule has 1 aliphatic heterocycles. The number of hydrogen-bond donors (Lipinski definition) is 0. The Morgan fingerprint density at radius 1 is 1.17 bits per heavy atom. The average Bonchev–Trinajstić information content (AvgIpc) is 3.12. The van der Waals surface area contributed by atoms with Crippen LogP contribution in [0.4, 0.5) is 11.4 Å². The first kappa shape index (κ1) is 23.7. The number of ether oxygens (including phenoxy) is 1. The Hall–Kier alpha value is -4.45.